The molecule has 1 atom stereocenters. The fourth-order valence-electron chi connectivity index (χ4n) is 4.10. The summed E-state index contributed by atoms with van der Waals surface area (Å²) in [6.45, 7) is 6.14. The molecule has 2 aliphatic heterocycles. The third-order valence-electron chi connectivity index (χ3n) is 5.79. The minimum atomic E-state index is -0.605. The number of hydrogen-bond acceptors (Lipinski definition) is 8. The maximum Gasteiger partial charge on any atom is 0.410 e. The van der Waals surface area contributed by atoms with Crippen LogP contribution in [0.15, 0.2) is 18.2 Å². The van der Waals surface area contributed by atoms with Crippen LogP contribution in [0.4, 0.5) is 25.5 Å². The van der Waals surface area contributed by atoms with Crippen LogP contribution < -0.4 is 15.5 Å². The van der Waals surface area contributed by atoms with Crippen molar-refractivity contribution in [1.82, 2.24) is 20.2 Å². The number of nitrogens with zero attached hydrogens (tertiary/aromatic N) is 4. The van der Waals surface area contributed by atoms with E-state index >= 15 is 4.39 Å². The number of carbonyl (C=O) groups excluding carboxylic acids is 2. The molecule has 3 N–H and O–H groups in total. The summed E-state index contributed by atoms with van der Waals surface area (Å²) in [4.78, 5) is 37.2. The number of rotatable bonds is 6. The average molecular weight is 489 g/mol. The Morgan fingerprint density at radius 3 is 2.86 bits per heavy atom. The number of benzene rings is 1. The maximum atomic E-state index is 15.1. The Balaban J connectivity index is 1.67. The summed E-state index contributed by atoms with van der Waals surface area (Å²) in [6, 6.07) is 3.73. The van der Waals surface area contributed by atoms with Gasteiger partial charge in [0.1, 0.15) is 11.6 Å². The number of aromatic nitrogens is 2. The fourth-order valence-corrected chi connectivity index (χ4v) is 4.10. The van der Waals surface area contributed by atoms with Crippen molar-refractivity contribution in [1.29, 1.82) is 0 Å². The van der Waals surface area contributed by atoms with Gasteiger partial charge in [0.05, 0.1) is 56.8 Å². The van der Waals surface area contributed by atoms with Crippen LogP contribution in [0.2, 0.25) is 0 Å². The number of aliphatic hydroxyl groups excluding tert-OH is 1. The molecule has 1 unspecified atom stereocenters. The summed E-state index contributed by atoms with van der Waals surface area (Å²) >= 11 is 0. The van der Waals surface area contributed by atoms with Gasteiger partial charge in [0.25, 0.3) is 0 Å². The number of hydrogen-bond donors (Lipinski definition) is 3. The lowest BCUT2D eigenvalue weighted by atomic mass is 10.1. The van der Waals surface area contributed by atoms with Gasteiger partial charge in [0.15, 0.2) is 5.82 Å². The van der Waals surface area contributed by atoms with Crippen LogP contribution in [0, 0.1) is 5.82 Å². The maximum absolute atomic E-state index is 15.1. The van der Waals surface area contributed by atoms with Gasteiger partial charge in [0.2, 0.25) is 0 Å². The molecule has 35 heavy (non-hydrogen) atoms. The van der Waals surface area contributed by atoms with Crippen LogP contribution in [0.3, 0.4) is 0 Å². The number of urea groups is 1. The molecule has 12 heteroatoms. The number of fused-ring (bicyclic) bond motifs is 1. The zero-order valence-electron chi connectivity index (χ0n) is 19.7. The first kappa shape index (κ1) is 24.6. The van der Waals surface area contributed by atoms with Crippen LogP contribution in [-0.4, -0.2) is 77.7 Å². The second-order valence-corrected chi connectivity index (χ2v) is 8.27. The topological polar surface area (TPSA) is 129 Å². The summed E-state index contributed by atoms with van der Waals surface area (Å²) in [6.07, 6.45) is -0.436. The van der Waals surface area contributed by atoms with Crippen molar-refractivity contribution in [3.8, 4) is 11.4 Å². The van der Waals surface area contributed by atoms with E-state index < -0.39 is 17.9 Å². The average Bonchev–Trinajstić information content (AvgIpc) is 3.27. The molecule has 0 spiro atoms. The largest absolute Gasteiger partial charge is 0.450 e. The number of nitrogens with one attached hydrogen (secondary N) is 2. The Kier molecular flexibility index (Phi) is 7.61. The van der Waals surface area contributed by atoms with Crippen molar-refractivity contribution >= 4 is 23.6 Å². The number of carbonyl (C=O) groups is 2. The molecule has 188 valence electrons. The molecule has 1 fully saturated rings. The molecule has 11 nitrogen and oxygen atoms in total. The lowest BCUT2D eigenvalue weighted by Crippen LogP contribution is -2.44. The van der Waals surface area contributed by atoms with Crippen molar-refractivity contribution in [3.05, 3.63) is 35.3 Å². The van der Waals surface area contributed by atoms with E-state index in [0.29, 0.717) is 37.8 Å². The fraction of sp³-hybridized carbons (Fsp3) is 0.478. The van der Waals surface area contributed by atoms with Crippen LogP contribution in [-0.2, 0) is 22.6 Å². The van der Waals surface area contributed by atoms with Gasteiger partial charge in [-0.25, -0.2) is 23.9 Å². The van der Waals surface area contributed by atoms with Crippen LogP contribution in [0.25, 0.3) is 11.4 Å². The van der Waals surface area contributed by atoms with E-state index in [0.717, 1.165) is 5.56 Å². The number of halogens is 1. The standard InChI is InChI=1S/C23H29FN6O5/c1-3-35-23(33)29-11-17-19(12-29)27-20(28-21(17)30-7-9-34-13-14(30)2)16-5-4-15(10-18(16)24)26-22(32)25-6-8-31/h4-5,10,14,31H,3,6-9,11-13H2,1-2H3,(H2,25,26,32). The second-order valence-electron chi connectivity index (χ2n) is 8.27. The molecular formula is C23H29FN6O5. The summed E-state index contributed by atoms with van der Waals surface area (Å²) in [7, 11) is 0. The molecule has 1 aromatic carbocycles. The molecule has 3 heterocycles. The summed E-state index contributed by atoms with van der Waals surface area (Å²) in [5.74, 6) is 0.237. The van der Waals surface area contributed by atoms with Gasteiger partial charge in [-0.1, -0.05) is 0 Å². The number of aliphatic hydroxyl groups is 1. The molecule has 0 saturated carbocycles. The highest BCUT2D eigenvalue weighted by Gasteiger charge is 2.33. The van der Waals surface area contributed by atoms with Crippen molar-refractivity contribution in [2.24, 2.45) is 0 Å². The van der Waals surface area contributed by atoms with Crippen molar-refractivity contribution in [2.45, 2.75) is 33.0 Å². The van der Waals surface area contributed by atoms with Crippen LogP contribution in [0.5, 0.6) is 0 Å². The van der Waals surface area contributed by atoms with E-state index in [1.807, 2.05) is 6.92 Å². The first-order chi connectivity index (χ1) is 16.9. The number of amides is 3. The Hall–Kier alpha value is -3.51. The molecule has 0 bridgehead atoms. The third-order valence-corrected chi connectivity index (χ3v) is 5.79. The van der Waals surface area contributed by atoms with Gasteiger partial charge in [-0.05, 0) is 32.0 Å². The smallest absolute Gasteiger partial charge is 0.410 e. The van der Waals surface area contributed by atoms with E-state index in [1.165, 1.54) is 12.1 Å². The van der Waals surface area contributed by atoms with Crippen molar-refractivity contribution < 1.29 is 28.6 Å². The minimum Gasteiger partial charge on any atom is -0.450 e. The first-order valence-electron chi connectivity index (χ1n) is 11.5. The molecule has 4 rings (SSSR count). The van der Waals surface area contributed by atoms with Gasteiger partial charge >= 0.3 is 12.1 Å². The van der Waals surface area contributed by atoms with E-state index in [9.17, 15) is 9.59 Å². The first-order valence-corrected chi connectivity index (χ1v) is 11.5. The van der Waals surface area contributed by atoms with Crippen LogP contribution >= 0.6 is 0 Å². The molecule has 3 amide bonds. The Labute approximate surface area is 202 Å². The Morgan fingerprint density at radius 1 is 1.31 bits per heavy atom. The highest BCUT2D eigenvalue weighted by atomic mass is 19.1. The van der Waals surface area contributed by atoms with E-state index in [1.54, 1.807) is 17.9 Å². The van der Waals surface area contributed by atoms with E-state index in [2.05, 4.69) is 20.5 Å². The number of morpholine rings is 1. The van der Waals surface area contributed by atoms with Crippen molar-refractivity contribution in [3.63, 3.8) is 0 Å². The van der Waals surface area contributed by atoms with Gasteiger partial charge in [-0.15, -0.1) is 0 Å². The molecule has 0 radical (unpaired) electrons. The zero-order chi connectivity index (χ0) is 24.9. The summed E-state index contributed by atoms with van der Waals surface area (Å²) in [5.41, 5.74) is 1.88. The monoisotopic (exact) mass is 488 g/mol. The SMILES string of the molecule is CCOC(=O)N1Cc2nc(-c3ccc(NC(=O)NCCO)cc3F)nc(N3CCOCC3C)c2C1. The zero-order valence-corrected chi connectivity index (χ0v) is 19.7. The molecule has 0 aliphatic carbocycles. The Morgan fingerprint density at radius 2 is 2.14 bits per heavy atom. The van der Waals surface area contributed by atoms with E-state index in [-0.39, 0.29) is 49.4 Å². The molecule has 2 aromatic rings. The lowest BCUT2D eigenvalue weighted by Gasteiger charge is -2.35. The highest BCUT2D eigenvalue weighted by molar-refractivity contribution is 5.89. The van der Waals surface area contributed by atoms with Gasteiger partial charge in [-0.2, -0.15) is 0 Å². The second kappa shape index (κ2) is 10.8. The highest BCUT2D eigenvalue weighted by Crippen LogP contribution is 2.34. The Bertz CT molecular complexity index is 1100. The van der Waals surface area contributed by atoms with Gasteiger partial charge < -0.3 is 30.1 Å². The molecular weight excluding hydrogens is 459 g/mol. The number of ether oxygens (including phenoxy) is 2. The number of anilines is 2. The summed E-state index contributed by atoms with van der Waals surface area (Å²) < 4.78 is 25.9. The lowest BCUT2D eigenvalue weighted by molar-refractivity contribution is 0.0980. The molecule has 1 saturated heterocycles. The predicted octanol–water partition coefficient (Wildman–Crippen LogP) is 2.09. The third kappa shape index (κ3) is 5.43. The predicted molar refractivity (Wildman–Crippen MR) is 125 cm³/mol. The van der Waals surface area contributed by atoms with E-state index in [4.69, 9.17) is 19.6 Å². The van der Waals surface area contributed by atoms with Gasteiger partial charge in [0, 0.05) is 24.3 Å². The normalized spacial score (nSPS) is 17.2. The summed E-state index contributed by atoms with van der Waals surface area (Å²) in [5, 5.41) is 13.8. The molecule has 2 aliphatic rings. The molecule has 1 aromatic heterocycles. The van der Waals surface area contributed by atoms with Crippen molar-refractivity contribution in [2.75, 3.05) is 49.7 Å². The van der Waals surface area contributed by atoms with Crippen LogP contribution in [0.1, 0.15) is 25.1 Å². The quantitative estimate of drug-likeness (QED) is 0.564. The minimum absolute atomic E-state index is 0.0427. The van der Waals surface area contributed by atoms with Gasteiger partial charge in [-0.3, -0.25) is 4.90 Å².